The Kier molecular flexibility index (Phi) is 8.00. The third-order valence-corrected chi connectivity index (χ3v) is 6.42. The standard InChI is InChI=1S/C27H27ClN4O2S/c1-19-4-2-3-5-24(19)26(34)32-16-14-31(15-17-32)23-12-10-22(11-13-23)29-27(35)30-25(33)18-20-6-8-21(28)9-7-20/h2-13H,14-18H2,1H3,(H2,29,30,33,35). The molecule has 0 aliphatic carbocycles. The van der Waals surface area contributed by atoms with Crippen molar-refractivity contribution in [3.63, 3.8) is 0 Å². The molecule has 8 heteroatoms. The highest BCUT2D eigenvalue weighted by Gasteiger charge is 2.23. The third-order valence-electron chi connectivity index (χ3n) is 5.96. The Morgan fingerprint density at radius 2 is 1.57 bits per heavy atom. The average Bonchev–Trinajstić information content (AvgIpc) is 2.86. The van der Waals surface area contributed by atoms with Gasteiger partial charge in [-0.25, -0.2) is 0 Å². The predicted octanol–water partition coefficient (Wildman–Crippen LogP) is 4.67. The molecule has 0 bridgehead atoms. The molecule has 0 spiro atoms. The number of nitrogens with one attached hydrogen (secondary N) is 2. The van der Waals surface area contributed by atoms with Crippen LogP contribution in [-0.2, 0) is 11.2 Å². The van der Waals surface area contributed by atoms with Crippen molar-refractivity contribution in [1.82, 2.24) is 10.2 Å². The summed E-state index contributed by atoms with van der Waals surface area (Å²) in [6, 6.07) is 22.7. The van der Waals surface area contributed by atoms with E-state index in [4.69, 9.17) is 23.8 Å². The van der Waals surface area contributed by atoms with E-state index in [1.807, 2.05) is 72.5 Å². The summed E-state index contributed by atoms with van der Waals surface area (Å²) >= 11 is 11.2. The van der Waals surface area contributed by atoms with Crippen LogP contribution >= 0.6 is 23.8 Å². The van der Waals surface area contributed by atoms with E-state index in [0.717, 1.165) is 41.2 Å². The van der Waals surface area contributed by atoms with Gasteiger partial charge in [0, 0.05) is 48.1 Å². The number of aryl methyl sites for hydroxylation is 1. The van der Waals surface area contributed by atoms with Crippen molar-refractivity contribution in [2.45, 2.75) is 13.3 Å². The van der Waals surface area contributed by atoms with Crippen LogP contribution in [0.4, 0.5) is 11.4 Å². The monoisotopic (exact) mass is 506 g/mol. The van der Waals surface area contributed by atoms with Crippen molar-refractivity contribution < 1.29 is 9.59 Å². The van der Waals surface area contributed by atoms with E-state index in [-0.39, 0.29) is 23.3 Å². The van der Waals surface area contributed by atoms with Gasteiger partial charge in [0.05, 0.1) is 6.42 Å². The topological polar surface area (TPSA) is 64.7 Å². The molecule has 180 valence electrons. The Labute approximate surface area is 215 Å². The Balaban J connectivity index is 1.25. The summed E-state index contributed by atoms with van der Waals surface area (Å²) in [4.78, 5) is 29.3. The number of carbonyl (C=O) groups excluding carboxylic acids is 2. The first-order valence-corrected chi connectivity index (χ1v) is 12.2. The number of anilines is 2. The molecule has 1 heterocycles. The largest absolute Gasteiger partial charge is 0.368 e. The quantitative estimate of drug-likeness (QED) is 0.492. The molecule has 35 heavy (non-hydrogen) atoms. The first-order chi connectivity index (χ1) is 16.9. The number of nitrogens with zero attached hydrogens (tertiary/aromatic N) is 2. The lowest BCUT2D eigenvalue weighted by atomic mass is 10.1. The van der Waals surface area contributed by atoms with Crippen LogP contribution in [0.2, 0.25) is 5.02 Å². The number of amides is 2. The minimum absolute atomic E-state index is 0.0916. The Hall–Kier alpha value is -3.42. The molecule has 0 unspecified atom stereocenters. The lowest BCUT2D eigenvalue weighted by Crippen LogP contribution is -2.48. The lowest BCUT2D eigenvalue weighted by Gasteiger charge is -2.36. The zero-order valence-electron chi connectivity index (χ0n) is 19.5. The number of hydrogen-bond donors (Lipinski definition) is 2. The van der Waals surface area contributed by atoms with Crippen LogP contribution in [0.15, 0.2) is 72.8 Å². The highest BCUT2D eigenvalue weighted by atomic mass is 35.5. The summed E-state index contributed by atoms with van der Waals surface area (Å²) in [5.74, 6) is -0.103. The van der Waals surface area contributed by atoms with Crippen LogP contribution in [0.25, 0.3) is 0 Å². The first kappa shape index (κ1) is 24.7. The Bertz CT molecular complexity index is 1210. The highest BCUT2D eigenvalue weighted by Crippen LogP contribution is 2.21. The molecule has 1 saturated heterocycles. The Morgan fingerprint density at radius 3 is 2.23 bits per heavy atom. The van der Waals surface area contributed by atoms with E-state index in [0.29, 0.717) is 18.1 Å². The van der Waals surface area contributed by atoms with Crippen molar-refractivity contribution in [1.29, 1.82) is 0 Å². The molecule has 4 rings (SSSR count). The summed E-state index contributed by atoms with van der Waals surface area (Å²) in [7, 11) is 0. The molecule has 0 aromatic heterocycles. The van der Waals surface area contributed by atoms with Gasteiger partial charge in [-0.05, 0) is 72.7 Å². The van der Waals surface area contributed by atoms with Crippen LogP contribution in [0.1, 0.15) is 21.5 Å². The van der Waals surface area contributed by atoms with E-state index in [2.05, 4.69) is 15.5 Å². The predicted molar refractivity (Wildman–Crippen MR) is 145 cm³/mol. The summed E-state index contributed by atoms with van der Waals surface area (Å²) < 4.78 is 0. The maximum atomic E-state index is 12.9. The Morgan fingerprint density at radius 1 is 0.914 bits per heavy atom. The SMILES string of the molecule is Cc1ccccc1C(=O)N1CCN(c2ccc(NC(=S)NC(=O)Cc3ccc(Cl)cc3)cc2)CC1. The minimum Gasteiger partial charge on any atom is -0.368 e. The normalized spacial score (nSPS) is 13.3. The van der Waals surface area contributed by atoms with E-state index in [1.54, 1.807) is 12.1 Å². The van der Waals surface area contributed by atoms with Crippen molar-refractivity contribution >= 4 is 52.1 Å². The number of carbonyl (C=O) groups is 2. The molecular weight excluding hydrogens is 480 g/mol. The number of benzene rings is 3. The van der Waals surface area contributed by atoms with Gasteiger partial charge in [-0.2, -0.15) is 0 Å². The molecular formula is C27H27ClN4O2S. The first-order valence-electron chi connectivity index (χ1n) is 11.4. The van der Waals surface area contributed by atoms with Gasteiger partial charge in [0.25, 0.3) is 5.91 Å². The van der Waals surface area contributed by atoms with Gasteiger partial charge in [0.2, 0.25) is 5.91 Å². The molecule has 2 N–H and O–H groups in total. The second-order valence-corrected chi connectivity index (χ2v) is 9.29. The van der Waals surface area contributed by atoms with Gasteiger partial charge in [-0.1, -0.05) is 41.9 Å². The zero-order valence-corrected chi connectivity index (χ0v) is 21.0. The molecule has 1 fully saturated rings. The molecule has 1 aliphatic heterocycles. The van der Waals surface area contributed by atoms with Gasteiger partial charge in [0.1, 0.15) is 0 Å². The van der Waals surface area contributed by atoms with Crippen LogP contribution in [0, 0.1) is 6.92 Å². The van der Waals surface area contributed by atoms with E-state index in [1.165, 1.54) is 0 Å². The van der Waals surface area contributed by atoms with E-state index < -0.39 is 0 Å². The molecule has 6 nitrogen and oxygen atoms in total. The van der Waals surface area contributed by atoms with Crippen LogP contribution in [-0.4, -0.2) is 48.0 Å². The maximum absolute atomic E-state index is 12.9. The van der Waals surface area contributed by atoms with Gasteiger partial charge in [-0.3, -0.25) is 9.59 Å². The maximum Gasteiger partial charge on any atom is 0.254 e. The number of hydrogen-bond acceptors (Lipinski definition) is 4. The summed E-state index contributed by atoms with van der Waals surface area (Å²) in [6.45, 7) is 4.86. The molecule has 0 saturated carbocycles. The molecule has 2 amide bonds. The lowest BCUT2D eigenvalue weighted by molar-refractivity contribution is -0.119. The fourth-order valence-corrected chi connectivity index (χ4v) is 4.39. The van der Waals surface area contributed by atoms with Crippen LogP contribution in [0.5, 0.6) is 0 Å². The van der Waals surface area contributed by atoms with E-state index in [9.17, 15) is 9.59 Å². The number of halogens is 1. The summed E-state index contributed by atoms with van der Waals surface area (Å²) in [5, 5.41) is 6.64. The smallest absolute Gasteiger partial charge is 0.254 e. The molecule has 3 aromatic rings. The second-order valence-electron chi connectivity index (χ2n) is 8.45. The number of rotatable bonds is 5. The fourth-order valence-electron chi connectivity index (χ4n) is 4.03. The van der Waals surface area contributed by atoms with E-state index >= 15 is 0 Å². The number of thiocarbonyl (C=S) groups is 1. The average molecular weight is 507 g/mol. The summed E-state index contributed by atoms with van der Waals surface area (Å²) in [6.07, 6.45) is 0.219. The van der Waals surface area contributed by atoms with Gasteiger partial charge >= 0.3 is 0 Å². The highest BCUT2D eigenvalue weighted by molar-refractivity contribution is 7.80. The van der Waals surface area contributed by atoms with Crippen LogP contribution in [0.3, 0.4) is 0 Å². The van der Waals surface area contributed by atoms with Gasteiger partial charge < -0.3 is 20.4 Å². The van der Waals surface area contributed by atoms with Crippen molar-refractivity contribution in [3.05, 3.63) is 94.5 Å². The van der Waals surface area contributed by atoms with Crippen LogP contribution < -0.4 is 15.5 Å². The van der Waals surface area contributed by atoms with Gasteiger partial charge in [-0.15, -0.1) is 0 Å². The van der Waals surface area contributed by atoms with Crippen molar-refractivity contribution in [2.75, 3.05) is 36.4 Å². The van der Waals surface area contributed by atoms with Crippen molar-refractivity contribution in [3.8, 4) is 0 Å². The van der Waals surface area contributed by atoms with Gasteiger partial charge in [0.15, 0.2) is 5.11 Å². The van der Waals surface area contributed by atoms with Crippen molar-refractivity contribution in [2.24, 2.45) is 0 Å². The second kappa shape index (κ2) is 11.3. The molecule has 0 atom stereocenters. The fraction of sp³-hybridized carbons (Fsp3) is 0.222. The molecule has 1 aliphatic rings. The third kappa shape index (κ3) is 6.59. The minimum atomic E-state index is -0.195. The summed E-state index contributed by atoms with van der Waals surface area (Å²) in [5.41, 5.74) is 4.50. The zero-order chi connectivity index (χ0) is 24.8. The number of piperazine rings is 1. The molecule has 3 aromatic carbocycles. The molecule has 0 radical (unpaired) electrons.